The summed E-state index contributed by atoms with van der Waals surface area (Å²) in [6.07, 6.45) is 3.57. The van der Waals surface area contributed by atoms with Crippen molar-refractivity contribution in [2.45, 2.75) is 44.3 Å². The van der Waals surface area contributed by atoms with Gasteiger partial charge in [-0.2, -0.15) is 0 Å². The van der Waals surface area contributed by atoms with E-state index in [1.165, 1.54) is 0 Å². The Labute approximate surface area is 118 Å². The van der Waals surface area contributed by atoms with Crippen LogP contribution in [0.1, 0.15) is 32.1 Å². The summed E-state index contributed by atoms with van der Waals surface area (Å²) in [5.41, 5.74) is 0.246. The van der Waals surface area contributed by atoms with E-state index in [1.807, 2.05) is 0 Å². The molecule has 1 aliphatic carbocycles. The van der Waals surface area contributed by atoms with Crippen LogP contribution in [0.25, 0.3) is 0 Å². The van der Waals surface area contributed by atoms with E-state index in [0.717, 1.165) is 32.4 Å². The number of carboxylic acid groups (broad SMARTS) is 1. The molecule has 0 aromatic rings. The van der Waals surface area contributed by atoms with E-state index in [1.54, 1.807) is 0 Å². The Hall–Kier alpha value is -1.14. The van der Waals surface area contributed by atoms with Crippen LogP contribution in [-0.2, 0) is 14.3 Å². The van der Waals surface area contributed by atoms with Crippen LogP contribution in [0.15, 0.2) is 0 Å². The first-order chi connectivity index (χ1) is 9.61. The van der Waals surface area contributed by atoms with Gasteiger partial charge < -0.3 is 20.5 Å². The van der Waals surface area contributed by atoms with Gasteiger partial charge in [-0.15, -0.1) is 0 Å². The largest absolute Gasteiger partial charge is 0.479 e. The molecular formula is C14H22N2O4. The number of amides is 1. The molecule has 1 saturated carbocycles. The number of carboxylic acids is 1. The number of ether oxygens (including phenoxy) is 1. The highest BCUT2D eigenvalue weighted by Crippen LogP contribution is 2.58. The van der Waals surface area contributed by atoms with Crippen molar-refractivity contribution in [3.05, 3.63) is 0 Å². The molecule has 3 atom stereocenters. The van der Waals surface area contributed by atoms with Crippen LogP contribution in [-0.4, -0.2) is 48.8 Å². The van der Waals surface area contributed by atoms with Crippen LogP contribution in [0, 0.1) is 11.3 Å². The lowest BCUT2D eigenvalue weighted by molar-refractivity contribution is -0.149. The lowest BCUT2D eigenvalue weighted by atomic mass is 9.92. The van der Waals surface area contributed by atoms with Gasteiger partial charge in [0, 0.05) is 12.5 Å². The second-order valence-corrected chi connectivity index (χ2v) is 6.28. The van der Waals surface area contributed by atoms with Crippen LogP contribution in [0.3, 0.4) is 0 Å². The van der Waals surface area contributed by atoms with Gasteiger partial charge in [0.15, 0.2) is 6.10 Å². The molecule has 0 radical (unpaired) electrons. The molecule has 1 spiro atoms. The Kier molecular flexibility index (Phi) is 3.69. The SMILES string of the molecule is O=C(O)C1CCC(CNC(=O)C2CC23CCNCC3)O1. The molecule has 2 saturated heterocycles. The Morgan fingerprint density at radius 1 is 1.30 bits per heavy atom. The second-order valence-electron chi connectivity index (χ2n) is 6.28. The summed E-state index contributed by atoms with van der Waals surface area (Å²) in [6, 6.07) is 0. The molecule has 1 amide bonds. The van der Waals surface area contributed by atoms with Crippen LogP contribution < -0.4 is 10.6 Å². The van der Waals surface area contributed by atoms with Crippen molar-refractivity contribution in [3.8, 4) is 0 Å². The van der Waals surface area contributed by atoms with Crippen LogP contribution >= 0.6 is 0 Å². The lowest BCUT2D eigenvalue weighted by Crippen LogP contribution is -2.37. The Balaban J connectivity index is 1.41. The van der Waals surface area contributed by atoms with Gasteiger partial charge in [0.05, 0.1) is 6.10 Å². The fourth-order valence-corrected chi connectivity index (χ4v) is 3.57. The predicted octanol–water partition coefficient (Wildman–Crippen LogP) is 0.125. The number of rotatable bonds is 4. The van der Waals surface area contributed by atoms with E-state index in [9.17, 15) is 9.59 Å². The standard InChI is InChI=1S/C14H22N2O4/c17-12(10-7-14(10)3-5-15-6-4-14)16-8-9-1-2-11(20-9)13(18)19/h9-11,15H,1-8H2,(H,16,17)(H,18,19). The highest BCUT2D eigenvalue weighted by molar-refractivity contribution is 5.82. The number of carbonyl (C=O) groups excluding carboxylic acids is 1. The smallest absolute Gasteiger partial charge is 0.332 e. The summed E-state index contributed by atoms with van der Waals surface area (Å²) in [6.45, 7) is 2.46. The van der Waals surface area contributed by atoms with E-state index in [-0.39, 0.29) is 23.3 Å². The molecule has 3 rings (SSSR count). The fourth-order valence-electron chi connectivity index (χ4n) is 3.57. The first-order valence-electron chi connectivity index (χ1n) is 7.47. The molecule has 6 nitrogen and oxygen atoms in total. The summed E-state index contributed by atoms with van der Waals surface area (Å²) in [7, 11) is 0. The van der Waals surface area contributed by atoms with Crippen molar-refractivity contribution in [2.75, 3.05) is 19.6 Å². The maximum atomic E-state index is 12.1. The summed E-state index contributed by atoms with van der Waals surface area (Å²) in [5.74, 6) is -0.634. The van der Waals surface area contributed by atoms with Gasteiger partial charge in [0.25, 0.3) is 0 Å². The fraction of sp³-hybridized carbons (Fsp3) is 0.857. The van der Waals surface area contributed by atoms with Gasteiger partial charge in [-0.05, 0) is 50.6 Å². The zero-order valence-electron chi connectivity index (χ0n) is 11.6. The third-order valence-electron chi connectivity index (χ3n) is 4.99. The quantitative estimate of drug-likeness (QED) is 0.682. The topological polar surface area (TPSA) is 87.7 Å². The summed E-state index contributed by atoms with van der Waals surface area (Å²) < 4.78 is 5.39. The van der Waals surface area contributed by atoms with Crippen LogP contribution in [0.2, 0.25) is 0 Å². The lowest BCUT2D eigenvalue weighted by Gasteiger charge is -2.23. The second kappa shape index (κ2) is 5.33. The van der Waals surface area contributed by atoms with Crippen molar-refractivity contribution in [3.63, 3.8) is 0 Å². The number of piperidine rings is 1. The normalized spacial score (nSPS) is 34.9. The molecule has 20 heavy (non-hydrogen) atoms. The Morgan fingerprint density at radius 3 is 2.70 bits per heavy atom. The molecule has 112 valence electrons. The Morgan fingerprint density at radius 2 is 2.05 bits per heavy atom. The van der Waals surface area contributed by atoms with Crippen molar-refractivity contribution in [1.29, 1.82) is 0 Å². The average molecular weight is 282 g/mol. The van der Waals surface area contributed by atoms with Crippen LogP contribution in [0.4, 0.5) is 0 Å². The molecule has 3 N–H and O–H groups in total. The van der Waals surface area contributed by atoms with Gasteiger partial charge in [0.1, 0.15) is 0 Å². The highest BCUT2D eigenvalue weighted by atomic mass is 16.5. The number of hydrogen-bond acceptors (Lipinski definition) is 4. The predicted molar refractivity (Wildman–Crippen MR) is 71.2 cm³/mol. The minimum atomic E-state index is -0.908. The van der Waals surface area contributed by atoms with Crippen molar-refractivity contribution >= 4 is 11.9 Å². The monoisotopic (exact) mass is 282 g/mol. The van der Waals surface area contributed by atoms with E-state index < -0.39 is 12.1 Å². The van der Waals surface area contributed by atoms with Gasteiger partial charge in [-0.25, -0.2) is 4.79 Å². The van der Waals surface area contributed by atoms with Crippen molar-refractivity contribution < 1.29 is 19.4 Å². The molecule has 2 heterocycles. The molecule has 0 aromatic heterocycles. The van der Waals surface area contributed by atoms with E-state index in [0.29, 0.717) is 19.4 Å². The van der Waals surface area contributed by atoms with Crippen molar-refractivity contribution in [2.24, 2.45) is 11.3 Å². The van der Waals surface area contributed by atoms with E-state index in [4.69, 9.17) is 9.84 Å². The number of carbonyl (C=O) groups is 2. The van der Waals surface area contributed by atoms with Gasteiger partial charge in [0.2, 0.25) is 5.91 Å². The summed E-state index contributed by atoms with van der Waals surface area (Å²) >= 11 is 0. The number of nitrogens with one attached hydrogen (secondary N) is 2. The van der Waals surface area contributed by atoms with E-state index >= 15 is 0 Å². The summed E-state index contributed by atoms with van der Waals surface area (Å²) in [4.78, 5) is 22.9. The van der Waals surface area contributed by atoms with Crippen molar-refractivity contribution in [1.82, 2.24) is 10.6 Å². The molecule has 3 aliphatic rings. The minimum Gasteiger partial charge on any atom is -0.479 e. The average Bonchev–Trinajstić information content (AvgIpc) is 2.92. The number of aliphatic carboxylic acids is 1. The molecule has 3 fully saturated rings. The first-order valence-corrected chi connectivity index (χ1v) is 7.47. The maximum Gasteiger partial charge on any atom is 0.332 e. The zero-order valence-corrected chi connectivity index (χ0v) is 11.6. The molecule has 0 bridgehead atoms. The molecule has 3 unspecified atom stereocenters. The third-order valence-corrected chi connectivity index (χ3v) is 4.99. The highest BCUT2D eigenvalue weighted by Gasteiger charge is 2.57. The first kappa shape index (κ1) is 13.8. The van der Waals surface area contributed by atoms with Gasteiger partial charge in [-0.1, -0.05) is 0 Å². The molecule has 6 heteroatoms. The zero-order chi connectivity index (χ0) is 14.2. The molecule has 0 aromatic carbocycles. The van der Waals surface area contributed by atoms with E-state index in [2.05, 4.69) is 10.6 Å². The Bertz CT molecular complexity index is 406. The third kappa shape index (κ3) is 2.67. The van der Waals surface area contributed by atoms with Gasteiger partial charge >= 0.3 is 5.97 Å². The maximum absolute atomic E-state index is 12.1. The minimum absolute atomic E-state index is 0.120. The molecular weight excluding hydrogens is 260 g/mol. The summed E-state index contributed by atoms with van der Waals surface area (Å²) in [5, 5.41) is 15.1. The number of hydrogen-bond donors (Lipinski definition) is 3. The molecule has 2 aliphatic heterocycles. The van der Waals surface area contributed by atoms with Gasteiger partial charge in [-0.3, -0.25) is 4.79 Å². The van der Waals surface area contributed by atoms with Crippen LogP contribution in [0.5, 0.6) is 0 Å².